The predicted molar refractivity (Wildman–Crippen MR) is 115 cm³/mol. The lowest BCUT2D eigenvalue weighted by molar-refractivity contribution is -0.121. The van der Waals surface area contributed by atoms with E-state index in [2.05, 4.69) is 16.7 Å². The summed E-state index contributed by atoms with van der Waals surface area (Å²) in [5.74, 6) is -1.18. The summed E-state index contributed by atoms with van der Waals surface area (Å²) in [6, 6.07) is 15.8. The number of carbonyl (C=O) groups is 4. The van der Waals surface area contributed by atoms with Gasteiger partial charge in [0.2, 0.25) is 11.8 Å². The summed E-state index contributed by atoms with van der Waals surface area (Å²) in [6.07, 6.45) is 0.442. The molecule has 0 atom stereocenters. The van der Waals surface area contributed by atoms with Gasteiger partial charge >= 0.3 is 0 Å². The van der Waals surface area contributed by atoms with Crippen LogP contribution in [0.5, 0.6) is 0 Å². The van der Waals surface area contributed by atoms with Gasteiger partial charge in [0, 0.05) is 30.0 Å². The highest BCUT2D eigenvalue weighted by Gasteiger charge is 2.36. The molecule has 0 saturated heterocycles. The van der Waals surface area contributed by atoms with E-state index in [1.54, 1.807) is 36.4 Å². The molecule has 31 heavy (non-hydrogen) atoms. The van der Waals surface area contributed by atoms with Crippen LogP contribution in [-0.4, -0.2) is 47.4 Å². The molecule has 0 aliphatic carbocycles. The fraction of sp³-hybridized carbons (Fsp3) is 0.227. The van der Waals surface area contributed by atoms with E-state index in [1.807, 2.05) is 12.1 Å². The number of nitrogens with one attached hydrogen (secondary N) is 2. The topological polar surface area (TPSA) is 119 Å². The van der Waals surface area contributed by atoms with E-state index in [0.717, 1.165) is 9.80 Å². The van der Waals surface area contributed by atoms with Gasteiger partial charge in [0.25, 0.3) is 11.8 Å². The van der Waals surface area contributed by atoms with Crippen molar-refractivity contribution >= 4 is 41.1 Å². The molecule has 1 heterocycles. The second-order valence-corrected chi connectivity index (χ2v) is 7.78. The van der Waals surface area contributed by atoms with Crippen molar-refractivity contribution in [3.05, 3.63) is 59.7 Å². The molecule has 0 radical (unpaired) electrons. The second-order valence-electron chi connectivity index (χ2n) is 6.64. The Labute approximate surface area is 183 Å². The molecular formula is C22H20N4O4S. The zero-order valence-corrected chi connectivity index (χ0v) is 17.4. The molecule has 2 aromatic rings. The number of imide groups is 1. The van der Waals surface area contributed by atoms with E-state index in [-0.39, 0.29) is 30.0 Å². The Balaban J connectivity index is 1.45. The summed E-state index contributed by atoms with van der Waals surface area (Å²) in [5.41, 5.74) is 1.21. The number of hydrogen-bond donors (Lipinski definition) is 2. The van der Waals surface area contributed by atoms with Gasteiger partial charge in [-0.25, -0.2) is 0 Å². The number of para-hydroxylation sites is 1. The monoisotopic (exact) mass is 436 g/mol. The number of fused-ring (bicyclic) bond motifs is 1. The Hall–Kier alpha value is -3.64. The molecule has 8 nitrogen and oxygen atoms in total. The average Bonchev–Trinajstić information content (AvgIpc) is 3.00. The third-order valence-corrected chi connectivity index (χ3v) is 5.56. The van der Waals surface area contributed by atoms with E-state index in [4.69, 9.17) is 5.26 Å². The van der Waals surface area contributed by atoms with E-state index in [1.165, 1.54) is 11.8 Å². The average molecular weight is 436 g/mol. The van der Waals surface area contributed by atoms with Crippen molar-refractivity contribution in [3.8, 4) is 6.07 Å². The van der Waals surface area contributed by atoms with Crippen LogP contribution in [-0.2, 0) is 9.59 Å². The number of nitrogens with zero attached hydrogens (tertiary/aromatic N) is 2. The van der Waals surface area contributed by atoms with Crippen LogP contribution in [0, 0.1) is 11.3 Å². The van der Waals surface area contributed by atoms with Crippen molar-refractivity contribution in [1.82, 2.24) is 10.2 Å². The molecule has 9 heteroatoms. The standard InChI is InChI=1S/C22H20N4O4S/c23-11-5-13-31-18-9-4-3-8-17(18)25-19(27)10-12-24-20(28)14-26-21(29)15-6-1-2-7-16(15)22(26)30/h1-4,6-9H,5,10,12-14H2,(H,24,28)(H,25,27). The van der Waals surface area contributed by atoms with E-state index < -0.39 is 24.3 Å². The zero-order chi connectivity index (χ0) is 22.2. The molecule has 0 spiro atoms. The minimum absolute atomic E-state index is 0.0328. The van der Waals surface area contributed by atoms with Crippen LogP contribution in [0.1, 0.15) is 33.6 Å². The summed E-state index contributed by atoms with van der Waals surface area (Å²) >= 11 is 1.48. The number of nitriles is 1. The third kappa shape index (κ3) is 5.49. The Morgan fingerprint density at radius 2 is 1.61 bits per heavy atom. The maximum atomic E-state index is 12.3. The molecule has 2 N–H and O–H groups in total. The highest BCUT2D eigenvalue weighted by atomic mass is 32.2. The number of hydrogen-bond acceptors (Lipinski definition) is 6. The molecule has 1 aliphatic heterocycles. The molecule has 158 valence electrons. The third-order valence-electron chi connectivity index (χ3n) is 4.49. The van der Waals surface area contributed by atoms with Gasteiger partial charge in [-0.3, -0.25) is 24.1 Å². The maximum absolute atomic E-state index is 12.3. The Kier molecular flexibility index (Phi) is 7.40. The molecule has 2 aromatic carbocycles. The Morgan fingerprint density at radius 1 is 0.968 bits per heavy atom. The van der Waals surface area contributed by atoms with Crippen molar-refractivity contribution in [1.29, 1.82) is 5.26 Å². The van der Waals surface area contributed by atoms with Crippen molar-refractivity contribution in [2.45, 2.75) is 17.7 Å². The summed E-state index contributed by atoms with van der Waals surface area (Å²) < 4.78 is 0. The number of anilines is 1. The Bertz CT molecular complexity index is 1030. The van der Waals surface area contributed by atoms with Crippen molar-refractivity contribution < 1.29 is 19.2 Å². The highest BCUT2D eigenvalue weighted by Crippen LogP contribution is 2.27. The number of rotatable bonds is 9. The molecule has 0 saturated carbocycles. The fourth-order valence-corrected chi connectivity index (χ4v) is 3.88. The lowest BCUT2D eigenvalue weighted by atomic mass is 10.1. The van der Waals surface area contributed by atoms with Crippen LogP contribution < -0.4 is 10.6 Å². The number of amides is 4. The van der Waals surface area contributed by atoms with Crippen LogP contribution >= 0.6 is 11.8 Å². The first-order valence-electron chi connectivity index (χ1n) is 9.62. The number of benzene rings is 2. The maximum Gasteiger partial charge on any atom is 0.262 e. The van der Waals surface area contributed by atoms with Crippen molar-refractivity contribution in [2.75, 3.05) is 24.2 Å². The highest BCUT2D eigenvalue weighted by molar-refractivity contribution is 7.99. The Morgan fingerprint density at radius 3 is 2.29 bits per heavy atom. The molecule has 3 rings (SSSR count). The number of carbonyl (C=O) groups excluding carboxylic acids is 4. The molecular weight excluding hydrogens is 416 g/mol. The van der Waals surface area contributed by atoms with Gasteiger partial charge in [0.15, 0.2) is 0 Å². The van der Waals surface area contributed by atoms with Gasteiger partial charge in [-0.05, 0) is 24.3 Å². The molecule has 0 unspecified atom stereocenters. The van der Waals surface area contributed by atoms with Gasteiger partial charge in [-0.15, -0.1) is 11.8 Å². The molecule has 0 aromatic heterocycles. The van der Waals surface area contributed by atoms with E-state index in [0.29, 0.717) is 17.9 Å². The van der Waals surface area contributed by atoms with Crippen LogP contribution in [0.25, 0.3) is 0 Å². The lowest BCUT2D eigenvalue weighted by Gasteiger charge is -2.14. The lowest BCUT2D eigenvalue weighted by Crippen LogP contribution is -2.41. The van der Waals surface area contributed by atoms with Crippen LogP contribution in [0.2, 0.25) is 0 Å². The van der Waals surface area contributed by atoms with Gasteiger partial charge in [0.1, 0.15) is 6.54 Å². The smallest absolute Gasteiger partial charge is 0.262 e. The predicted octanol–water partition coefficient (Wildman–Crippen LogP) is 2.43. The summed E-state index contributed by atoms with van der Waals surface area (Å²) in [5, 5.41) is 14.0. The first kappa shape index (κ1) is 22.1. The van der Waals surface area contributed by atoms with Crippen LogP contribution in [0.3, 0.4) is 0 Å². The van der Waals surface area contributed by atoms with Crippen LogP contribution in [0.15, 0.2) is 53.4 Å². The van der Waals surface area contributed by atoms with Gasteiger partial charge in [0.05, 0.1) is 22.9 Å². The van der Waals surface area contributed by atoms with Crippen LogP contribution in [0.4, 0.5) is 5.69 Å². The SMILES string of the molecule is N#CCCSc1ccccc1NC(=O)CCNC(=O)CN1C(=O)c2ccccc2C1=O. The number of thioether (sulfide) groups is 1. The second kappa shape index (κ2) is 10.4. The minimum Gasteiger partial charge on any atom is -0.354 e. The largest absolute Gasteiger partial charge is 0.354 e. The quantitative estimate of drug-likeness (QED) is 0.354. The van der Waals surface area contributed by atoms with Gasteiger partial charge in [-0.1, -0.05) is 24.3 Å². The first-order valence-corrected chi connectivity index (χ1v) is 10.6. The van der Waals surface area contributed by atoms with E-state index in [9.17, 15) is 19.2 Å². The molecule has 0 bridgehead atoms. The summed E-state index contributed by atoms with van der Waals surface area (Å²) in [4.78, 5) is 50.7. The fourth-order valence-electron chi connectivity index (χ4n) is 3.01. The summed E-state index contributed by atoms with van der Waals surface area (Å²) in [7, 11) is 0. The summed E-state index contributed by atoms with van der Waals surface area (Å²) in [6.45, 7) is -0.329. The molecule has 0 fully saturated rings. The van der Waals surface area contributed by atoms with Gasteiger partial charge in [-0.2, -0.15) is 5.26 Å². The first-order chi connectivity index (χ1) is 15.0. The van der Waals surface area contributed by atoms with Crippen molar-refractivity contribution in [3.63, 3.8) is 0 Å². The normalized spacial score (nSPS) is 12.3. The van der Waals surface area contributed by atoms with Gasteiger partial charge < -0.3 is 10.6 Å². The zero-order valence-electron chi connectivity index (χ0n) is 16.6. The molecule has 1 aliphatic rings. The molecule has 4 amide bonds. The van der Waals surface area contributed by atoms with E-state index >= 15 is 0 Å². The minimum atomic E-state index is -0.519. The van der Waals surface area contributed by atoms with Crippen molar-refractivity contribution in [2.24, 2.45) is 0 Å².